The summed E-state index contributed by atoms with van der Waals surface area (Å²) < 4.78 is 11.3. The quantitative estimate of drug-likeness (QED) is 0.605. The first kappa shape index (κ1) is 10.2. The summed E-state index contributed by atoms with van der Waals surface area (Å²) in [6, 6.07) is 0. The van der Waals surface area contributed by atoms with E-state index in [0.29, 0.717) is 19.4 Å². The van der Waals surface area contributed by atoms with Gasteiger partial charge in [-0.1, -0.05) is 18.2 Å². The highest BCUT2D eigenvalue weighted by Crippen LogP contribution is 2.31. The maximum absolute atomic E-state index is 5.70. The lowest BCUT2D eigenvalue weighted by Gasteiger charge is -2.24. The molecule has 1 aliphatic heterocycles. The van der Waals surface area contributed by atoms with Gasteiger partial charge in [0.1, 0.15) is 6.10 Å². The molecule has 1 saturated heterocycles. The molecule has 13 heavy (non-hydrogen) atoms. The Kier molecular flexibility index (Phi) is 3.46. The molecule has 1 rings (SSSR count). The largest absolute Gasteiger partial charge is 0.346 e. The van der Waals surface area contributed by atoms with Gasteiger partial charge < -0.3 is 9.47 Å². The van der Waals surface area contributed by atoms with Gasteiger partial charge in [0.15, 0.2) is 5.79 Å². The van der Waals surface area contributed by atoms with Crippen LogP contribution in [0.3, 0.4) is 0 Å². The Morgan fingerprint density at radius 1 is 1.23 bits per heavy atom. The summed E-state index contributed by atoms with van der Waals surface area (Å²) in [7, 11) is 0. The number of hydrogen-bond donors (Lipinski definition) is 0. The highest BCUT2D eigenvalue weighted by molar-refractivity contribution is 4.94. The predicted octanol–water partition coefficient (Wildman–Crippen LogP) is 2.44. The van der Waals surface area contributed by atoms with E-state index in [9.17, 15) is 0 Å². The number of ether oxygens (including phenoxy) is 2. The molecule has 2 nitrogen and oxygen atoms in total. The van der Waals surface area contributed by atoms with Gasteiger partial charge in [-0.25, -0.2) is 0 Å². The fourth-order valence-electron chi connectivity index (χ4n) is 1.43. The van der Waals surface area contributed by atoms with Crippen LogP contribution in [0.5, 0.6) is 0 Å². The van der Waals surface area contributed by atoms with Gasteiger partial charge in [-0.3, -0.25) is 0 Å². The summed E-state index contributed by atoms with van der Waals surface area (Å²) in [5, 5.41) is 0. The van der Waals surface area contributed by atoms with Gasteiger partial charge in [0, 0.05) is 12.8 Å². The summed E-state index contributed by atoms with van der Waals surface area (Å²) in [6.07, 6.45) is 6.73. The smallest absolute Gasteiger partial charge is 0.176 e. The Morgan fingerprint density at radius 3 is 2.23 bits per heavy atom. The first-order valence-corrected chi connectivity index (χ1v) is 4.42. The molecule has 1 atom stereocenters. The molecule has 0 bridgehead atoms. The van der Waals surface area contributed by atoms with Crippen LogP contribution in [0.4, 0.5) is 0 Å². The summed E-state index contributed by atoms with van der Waals surface area (Å²) in [4.78, 5) is 0. The van der Waals surface area contributed by atoms with Gasteiger partial charge in [0.2, 0.25) is 0 Å². The standard InChI is InChI=1S/C11H16O2/c1-4-7-11(8-5-2)12-9-10(6-3)13-11/h4-6,10H,1-3,7-9H2. The highest BCUT2D eigenvalue weighted by Gasteiger charge is 2.38. The van der Waals surface area contributed by atoms with E-state index in [2.05, 4.69) is 19.7 Å². The minimum absolute atomic E-state index is 0.0000926. The van der Waals surface area contributed by atoms with Crippen molar-refractivity contribution in [3.63, 3.8) is 0 Å². The molecule has 2 heteroatoms. The third-order valence-corrected chi connectivity index (χ3v) is 2.05. The first-order chi connectivity index (χ1) is 6.26. The van der Waals surface area contributed by atoms with Crippen molar-refractivity contribution in [2.75, 3.05) is 6.61 Å². The fraction of sp³-hybridized carbons (Fsp3) is 0.455. The molecule has 0 saturated carbocycles. The second kappa shape index (κ2) is 4.40. The maximum atomic E-state index is 5.70. The van der Waals surface area contributed by atoms with Crippen molar-refractivity contribution in [3.05, 3.63) is 38.0 Å². The minimum Gasteiger partial charge on any atom is -0.346 e. The zero-order valence-electron chi connectivity index (χ0n) is 7.87. The van der Waals surface area contributed by atoms with Crippen molar-refractivity contribution in [3.8, 4) is 0 Å². The van der Waals surface area contributed by atoms with E-state index < -0.39 is 5.79 Å². The molecule has 1 aliphatic rings. The molecule has 0 aromatic heterocycles. The molecule has 1 heterocycles. The molecule has 1 fully saturated rings. The van der Waals surface area contributed by atoms with Crippen LogP contribution in [0.1, 0.15) is 12.8 Å². The van der Waals surface area contributed by atoms with Crippen molar-refractivity contribution in [2.24, 2.45) is 0 Å². The summed E-state index contributed by atoms with van der Waals surface area (Å²) in [6.45, 7) is 11.6. The molecule has 1 unspecified atom stereocenters. The van der Waals surface area contributed by atoms with Gasteiger partial charge in [-0.05, 0) is 0 Å². The van der Waals surface area contributed by atoms with E-state index in [1.807, 2.05) is 0 Å². The van der Waals surface area contributed by atoms with E-state index in [0.717, 1.165) is 0 Å². The van der Waals surface area contributed by atoms with Gasteiger partial charge in [0.25, 0.3) is 0 Å². The van der Waals surface area contributed by atoms with Crippen molar-refractivity contribution >= 4 is 0 Å². The van der Waals surface area contributed by atoms with Crippen LogP contribution in [0.2, 0.25) is 0 Å². The lowest BCUT2D eigenvalue weighted by molar-refractivity contribution is -0.157. The molecular weight excluding hydrogens is 164 g/mol. The van der Waals surface area contributed by atoms with Crippen molar-refractivity contribution < 1.29 is 9.47 Å². The maximum Gasteiger partial charge on any atom is 0.176 e. The molecule has 0 radical (unpaired) electrons. The van der Waals surface area contributed by atoms with Crippen LogP contribution >= 0.6 is 0 Å². The zero-order chi connectivity index (χ0) is 9.73. The van der Waals surface area contributed by atoms with Gasteiger partial charge >= 0.3 is 0 Å². The van der Waals surface area contributed by atoms with E-state index in [-0.39, 0.29) is 6.10 Å². The van der Waals surface area contributed by atoms with Crippen molar-refractivity contribution in [1.29, 1.82) is 0 Å². The van der Waals surface area contributed by atoms with Crippen LogP contribution in [0, 0.1) is 0 Å². The third kappa shape index (κ3) is 2.29. The van der Waals surface area contributed by atoms with E-state index in [1.165, 1.54) is 0 Å². The topological polar surface area (TPSA) is 18.5 Å². The molecule has 0 spiro atoms. The monoisotopic (exact) mass is 180 g/mol. The Morgan fingerprint density at radius 2 is 1.85 bits per heavy atom. The summed E-state index contributed by atoms with van der Waals surface area (Å²) >= 11 is 0. The van der Waals surface area contributed by atoms with Gasteiger partial charge in [-0.2, -0.15) is 0 Å². The fourth-order valence-corrected chi connectivity index (χ4v) is 1.43. The molecular formula is C11H16O2. The van der Waals surface area contributed by atoms with E-state index in [1.54, 1.807) is 18.2 Å². The average molecular weight is 180 g/mol. The lowest BCUT2D eigenvalue weighted by atomic mass is 10.1. The van der Waals surface area contributed by atoms with Crippen LogP contribution in [0.25, 0.3) is 0 Å². The van der Waals surface area contributed by atoms with Crippen molar-refractivity contribution in [1.82, 2.24) is 0 Å². The second-order valence-corrected chi connectivity index (χ2v) is 3.10. The Bertz CT molecular complexity index is 198. The number of hydrogen-bond acceptors (Lipinski definition) is 2. The van der Waals surface area contributed by atoms with E-state index >= 15 is 0 Å². The Balaban J connectivity index is 2.63. The van der Waals surface area contributed by atoms with Crippen LogP contribution < -0.4 is 0 Å². The molecule has 0 aliphatic carbocycles. The molecule has 0 aromatic rings. The first-order valence-electron chi connectivity index (χ1n) is 4.42. The zero-order valence-corrected chi connectivity index (χ0v) is 7.87. The summed E-state index contributed by atoms with van der Waals surface area (Å²) in [5.41, 5.74) is 0. The van der Waals surface area contributed by atoms with Crippen LogP contribution in [0.15, 0.2) is 38.0 Å². The van der Waals surface area contributed by atoms with E-state index in [4.69, 9.17) is 9.47 Å². The van der Waals surface area contributed by atoms with Crippen molar-refractivity contribution in [2.45, 2.75) is 24.7 Å². The average Bonchev–Trinajstić information content (AvgIpc) is 2.50. The predicted molar refractivity (Wildman–Crippen MR) is 53.4 cm³/mol. The lowest BCUT2D eigenvalue weighted by Crippen LogP contribution is -2.29. The van der Waals surface area contributed by atoms with Crippen LogP contribution in [-0.2, 0) is 9.47 Å². The van der Waals surface area contributed by atoms with Gasteiger partial charge in [0.05, 0.1) is 6.61 Å². The molecule has 0 amide bonds. The Labute approximate surface area is 79.5 Å². The van der Waals surface area contributed by atoms with Crippen LogP contribution in [-0.4, -0.2) is 18.5 Å². The highest BCUT2D eigenvalue weighted by atomic mass is 16.7. The third-order valence-electron chi connectivity index (χ3n) is 2.05. The SMILES string of the molecule is C=CCC1(CC=C)OCC(C=C)O1. The molecule has 0 aromatic carbocycles. The second-order valence-electron chi connectivity index (χ2n) is 3.10. The Hall–Kier alpha value is -0.860. The van der Waals surface area contributed by atoms with Gasteiger partial charge in [-0.15, -0.1) is 19.7 Å². The summed E-state index contributed by atoms with van der Waals surface area (Å²) in [5.74, 6) is -0.539. The normalized spacial score (nSPS) is 25.4. The number of rotatable bonds is 5. The molecule has 0 N–H and O–H groups in total. The molecule has 72 valence electrons. The minimum atomic E-state index is -0.539.